The maximum absolute atomic E-state index is 14.0. The number of aromatic nitrogens is 6. The Bertz CT molecular complexity index is 1100. The molecule has 0 amide bonds. The largest absolute Gasteiger partial charge is 0.478 e. The molecule has 2 saturated heterocycles. The first-order chi connectivity index (χ1) is 15.4. The Labute approximate surface area is 185 Å². The lowest BCUT2D eigenvalue weighted by molar-refractivity contribution is 0.210. The van der Waals surface area contributed by atoms with Gasteiger partial charge in [0.15, 0.2) is 11.5 Å². The molecule has 5 rings (SSSR count). The van der Waals surface area contributed by atoms with Crippen LogP contribution in [0.15, 0.2) is 12.4 Å². The second-order valence-corrected chi connectivity index (χ2v) is 8.67. The summed E-state index contributed by atoms with van der Waals surface area (Å²) in [6.45, 7) is 4.50. The van der Waals surface area contributed by atoms with Gasteiger partial charge in [-0.1, -0.05) is 0 Å². The summed E-state index contributed by atoms with van der Waals surface area (Å²) >= 11 is 0. The number of aryl methyl sites for hydroxylation is 1. The highest BCUT2D eigenvalue weighted by atomic mass is 19.1. The summed E-state index contributed by atoms with van der Waals surface area (Å²) in [5.41, 5.74) is 7.99. The molecule has 3 N–H and O–H groups in total. The summed E-state index contributed by atoms with van der Waals surface area (Å²) in [6, 6.07) is -0.236. The van der Waals surface area contributed by atoms with Crippen LogP contribution >= 0.6 is 0 Å². The molecule has 172 valence electrons. The lowest BCUT2D eigenvalue weighted by Crippen LogP contribution is -2.31. The van der Waals surface area contributed by atoms with Gasteiger partial charge in [0, 0.05) is 6.54 Å². The minimum absolute atomic E-state index is 0.164. The van der Waals surface area contributed by atoms with Gasteiger partial charge < -0.3 is 25.6 Å². The second-order valence-electron chi connectivity index (χ2n) is 8.67. The van der Waals surface area contributed by atoms with Gasteiger partial charge in [0.1, 0.15) is 11.9 Å². The maximum Gasteiger partial charge on any atom is 0.256 e. The van der Waals surface area contributed by atoms with Crippen LogP contribution < -0.4 is 20.7 Å². The Morgan fingerprint density at radius 1 is 1.22 bits per heavy atom. The number of alkyl halides is 1. The standard InChI is InChI=1S/C20H29FN10O/c1-12-8-23-18-17(25-20(27-31(12)18)29-9-14(21)15(22)10-29)24-16-11-30(26-19(16)32-3)13-4-6-28(2)7-5-13/h8,11,13-15H,4-7,9-10,22H2,1-3H3,(H,24,25,27)/t14-,15-/m1/s1. The molecule has 2 fully saturated rings. The molecule has 0 aromatic carbocycles. The number of hydrogen-bond donors (Lipinski definition) is 2. The molecule has 3 aromatic rings. The molecule has 12 heteroatoms. The summed E-state index contributed by atoms with van der Waals surface area (Å²) in [5.74, 6) is 1.39. The van der Waals surface area contributed by atoms with E-state index in [1.54, 1.807) is 22.7 Å². The van der Waals surface area contributed by atoms with Crippen LogP contribution in [0.1, 0.15) is 24.6 Å². The van der Waals surface area contributed by atoms with Crippen LogP contribution in [0.3, 0.4) is 0 Å². The van der Waals surface area contributed by atoms with Crippen LogP contribution in [0.4, 0.5) is 21.8 Å². The summed E-state index contributed by atoms with van der Waals surface area (Å²) in [5, 5.41) is 12.5. The number of rotatable bonds is 5. The number of fused-ring (bicyclic) bond motifs is 1. The van der Waals surface area contributed by atoms with Crippen molar-refractivity contribution in [2.24, 2.45) is 5.73 Å². The monoisotopic (exact) mass is 444 g/mol. The van der Waals surface area contributed by atoms with Gasteiger partial charge in [-0.05, 0) is 39.9 Å². The highest BCUT2D eigenvalue weighted by Crippen LogP contribution is 2.32. The van der Waals surface area contributed by atoms with Gasteiger partial charge in [-0.3, -0.25) is 4.68 Å². The molecule has 3 aromatic heterocycles. The SMILES string of the molecule is COc1nn(C2CCN(C)CC2)cc1Nc1nc(N2C[C@@H](N)[C@H](F)C2)nn2c(C)cnc12. The lowest BCUT2D eigenvalue weighted by Gasteiger charge is -2.28. The average Bonchev–Trinajstić information content (AvgIpc) is 3.46. The summed E-state index contributed by atoms with van der Waals surface area (Å²) in [7, 11) is 3.73. The van der Waals surface area contributed by atoms with Crippen molar-refractivity contribution < 1.29 is 9.13 Å². The number of piperidine rings is 1. The van der Waals surface area contributed by atoms with Crippen LogP contribution in [-0.4, -0.2) is 86.8 Å². The number of imidazole rings is 1. The number of methoxy groups -OCH3 is 1. The van der Waals surface area contributed by atoms with Gasteiger partial charge in [-0.2, -0.15) is 4.98 Å². The summed E-state index contributed by atoms with van der Waals surface area (Å²) < 4.78 is 23.3. The molecule has 0 bridgehead atoms. The number of likely N-dealkylation sites (tertiary alicyclic amines) is 1. The quantitative estimate of drug-likeness (QED) is 0.598. The molecular weight excluding hydrogens is 415 g/mol. The van der Waals surface area contributed by atoms with Crippen LogP contribution in [0.5, 0.6) is 5.88 Å². The number of ether oxygens (including phenoxy) is 1. The summed E-state index contributed by atoms with van der Waals surface area (Å²) in [6.07, 6.45) is 4.63. The highest BCUT2D eigenvalue weighted by molar-refractivity contribution is 5.73. The van der Waals surface area contributed by atoms with Crippen LogP contribution in [0, 0.1) is 6.92 Å². The van der Waals surface area contributed by atoms with Crippen LogP contribution in [0.2, 0.25) is 0 Å². The van der Waals surface area contributed by atoms with Gasteiger partial charge in [0.05, 0.1) is 43.8 Å². The highest BCUT2D eigenvalue weighted by Gasteiger charge is 2.32. The topological polar surface area (TPSA) is 115 Å². The number of anilines is 3. The van der Waals surface area contributed by atoms with Crippen molar-refractivity contribution in [3.63, 3.8) is 0 Å². The molecule has 5 heterocycles. The van der Waals surface area contributed by atoms with Crippen molar-refractivity contribution in [2.75, 3.05) is 50.6 Å². The fraction of sp³-hybridized carbons (Fsp3) is 0.600. The third-order valence-corrected chi connectivity index (χ3v) is 6.30. The van der Waals surface area contributed by atoms with Crippen molar-refractivity contribution in [2.45, 2.75) is 38.0 Å². The van der Waals surface area contributed by atoms with Gasteiger partial charge in [0.2, 0.25) is 5.95 Å². The fourth-order valence-corrected chi connectivity index (χ4v) is 4.34. The number of halogens is 1. The predicted molar refractivity (Wildman–Crippen MR) is 118 cm³/mol. The molecule has 2 aliphatic rings. The van der Waals surface area contributed by atoms with E-state index in [9.17, 15) is 4.39 Å². The van der Waals surface area contributed by atoms with E-state index in [0.29, 0.717) is 41.6 Å². The predicted octanol–water partition coefficient (Wildman–Crippen LogP) is 1.13. The zero-order valence-electron chi connectivity index (χ0n) is 18.6. The third kappa shape index (κ3) is 3.73. The van der Waals surface area contributed by atoms with E-state index in [1.807, 2.05) is 17.8 Å². The van der Waals surface area contributed by atoms with Gasteiger partial charge in [0.25, 0.3) is 5.88 Å². The Morgan fingerprint density at radius 2 is 2.00 bits per heavy atom. The van der Waals surface area contributed by atoms with E-state index in [0.717, 1.165) is 31.6 Å². The molecule has 0 saturated carbocycles. The van der Waals surface area contributed by atoms with E-state index in [4.69, 9.17) is 10.5 Å². The fourth-order valence-electron chi connectivity index (χ4n) is 4.34. The lowest BCUT2D eigenvalue weighted by atomic mass is 10.1. The number of nitrogens with two attached hydrogens (primary N) is 1. The zero-order chi connectivity index (χ0) is 22.4. The third-order valence-electron chi connectivity index (χ3n) is 6.30. The molecule has 2 atom stereocenters. The molecule has 2 aliphatic heterocycles. The van der Waals surface area contributed by atoms with Crippen LogP contribution in [0.25, 0.3) is 5.65 Å². The van der Waals surface area contributed by atoms with Gasteiger partial charge in [-0.15, -0.1) is 10.2 Å². The average molecular weight is 445 g/mol. The van der Waals surface area contributed by atoms with E-state index < -0.39 is 12.2 Å². The minimum Gasteiger partial charge on any atom is -0.478 e. The number of nitrogens with zero attached hydrogens (tertiary/aromatic N) is 8. The second kappa shape index (κ2) is 8.17. The molecule has 11 nitrogen and oxygen atoms in total. The number of hydrogen-bond acceptors (Lipinski definition) is 9. The summed E-state index contributed by atoms with van der Waals surface area (Å²) in [4.78, 5) is 13.2. The Morgan fingerprint density at radius 3 is 2.69 bits per heavy atom. The van der Waals surface area contributed by atoms with E-state index in [-0.39, 0.29) is 6.54 Å². The normalized spacial score (nSPS) is 22.7. The molecule has 0 radical (unpaired) electrons. The van der Waals surface area contributed by atoms with Crippen molar-refractivity contribution in [3.8, 4) is 5.88 Å². The molecular formula is C20H29FN10O. The molecule has 0 spiro atoms. The van der Waals surface area contributed by atoms with E-state index in [2.05, 4.69) is 37.4 Å². The first kappa shape index (κ1) is 20.9. The maximum atomic E-state index is 14.0. The molecule has 0 aliphatic carbocycles. The van der Waals surface area contributed by atoms with E-state index >= 15 is 0 Å². The van der Waals surface area contributed by atoms with Crippen molar-refractivity contribution >= 4 is 23.1 Å². The van der Waals surface area contributed by atoms with E-state index in [1.165, 1.54) is 0 Å². The molecule has 32 heavy (non-hydrogen) atoms. The molecule has 0 unspecified atom stereocenters. The smallest absolute Gasteiger partial charge is 0.256 e. The minimum atomic E-state index is -1.11. The number of nitrogens with one attached hydrogen (secondary N) is 1. The van der Waals surface area contributed by atoms with Crippen molar-refractivity contribution in [1.82, 2.24) is 34.3 Å². The first-order valence-corrected chi connectivity index (χ1v) is 10.9. The zero-order valence-corrected chi connectivity index (χ0v) is 18.6. The Kier molecular flexibility index (Phi) is 5.33. The van der Waals surface area contributed by atoms with Crippen LogP contribution in [-0.2, 0) is 0 Å². The Hall–Kier alpha value is -2.99. The first-order valence-electron chi connectivity index (χ1n) is 10.9. The van der Waals surface area contributed by atoms with Gasteiger partial charge in [-0.25, -0.2) is 13.9 Å². The Balaban J connectivity index is 1.48. The van der Waals surface area contributed by atoms with Gasteiger partial charge >= 0.3 is 0 Å². The van der Waals surface area contributed by atoms with Crippen molar-refractivity contribution in [3.05, 3.63) is 18.1 Å². The van der Waals surface area contributed by atoms with Crippen molar-refractivity contribution in [1.29, 1.82) is 0 Å².